The first-order valence-corrected chi connectivity index (χ1v) is 8.24. The summed E-state index contributed by atoms with van der Waals surface area (Å²) >= 11 is 0. The number of hydrogen-bond acceptors (Lipinski definition) is 2. The minimum absolute atomic E-state index is 0.0151. The van der Waals surface area contributed by atoms with Gasteiger partial charge in [-0.15, -0.1) is 0 Å². The minimum Gasteiger partial charge on any atom is -0.353 e. The molecule has 1 aliphatic carbocycles. The summed E-state index contributed by atoms with van der Waals surface area (Å²) in [4.78, 5) is 16.0. The van der Waals surface area contributed by atoms with Crippen molar-refractivity contribution in [1.29, 1.82) is 0 Å². The van der Waals surface area contributed by atoms with Gasteiger partial charge in [-0.3, -0.25) is 9.89 Å². The topological polar surface area (TPSA) is 73.6 Å². The third kappa shape index (κ3) is 2.23. The Balaban J connectivity index is 1.81. The van der Waals surface area contributed by atoms with Gasteiger partial charge in [-0.1, -0.05) is 19.4 Å². The summed E-state index contributed by atoms with van der Waals surface area (Å²) in [6, 6.07) is 5.89. The van der Waals surface area contributed by atoms with Crippen molar-refractivity contribution in [1.82, 2.24) is 20.5 Å². The summed E-state index contributed by atoms with van der Waals surface area (Å²) in [6.07, 6.45) is 5.86. The SMILES string of the molecule is CCCCNC(=O)c1cccc2[nH]c3c(c12)CCc1cn[nH]c1-3. The summed E-state index contributed by atoms with van der Waals surface area (Å²) in [7, 11) is 0. The van der Waals surface area contributed by atoms with Crippen molar-refractivity contribution in [2.45, 2.75) is 32.6 Å². The normalized spacial score (nSPS) is 12.9. The van der Waals surface area contributed by atoms with E-state index < -0.39 is 0 Å². The highest BCUT2D eigenvalue weighted by Crippen LogP contribution is 2.37. The molecule has 118 valence electrons. The van der Waals surface area contributed by atoms with Gasteiger partial charge in [0.25, 0.3) is 5.91 Å². The Morgan fingerprint density at radius 1 is 1.30 bits per heavy atom. The molecule has 2 aromatic heterocycles. The number of fused-ring (bicyclic) bond motifs is 5. The van der Waals surface area contributed by atoms with Crippen LogP contribution in [0.25, 0.3) is 22.3 Å². The molecule has 1 amide bonds. The van der Waals surface area contributed by atoms with Crippen LogP contribution in [0.4, 0.5) is 0 Å². The van der Waals surface area contributed by atoms with E-state index in [-0.39, 0.29) is 5.91 Å². The lowest BCUT2D eigenvalue weighted by molar-refractivity contribution is 0.0955. The van der Waals surface area contributed by atoms with Gasteiger partial charge in [0.2, 0.25) is 0 Å². The van der Waals surface area contributed by atoms with Gasteiger partial charge in [-0.2, -0.15) is 5.10 Å². The van der Waals surface area contributed by atoms with Gasteiger partial charge in [-0.05, 0) is 42.5 Å². The maximum atomic E-state index is 12.6. The van der Waals surface area contributed by atoms with E-state index in [1.54, 1.807) is 0 Å². The van der Waals surface area contributed by atoms with Crippen LogP contribution in [0.3, 0.4) is 0 Å². The first kappa shape index (κ1) is 14.1. The van der Waals surface area contributed by atoms with Gasteiger partial charge < -0.3 is 10.3 Å². The van der Waals surface area contributed by atoms with Crippen LogP contribution in [0.15, 0.2) is 24.4 Å². The van der Waals surface area contributed by atoms with Crippen LogP contribution < -0.4 is 5.32 Å². The van der Waals surface area contributed by atoms with Crippen LogP contribution in [0.2, 0.25) is 0 Å². The van der Waals surface area contributed by atoms with Crippen molar-refractivity contribution in [3.8, 4) is 11.4 Å². The van der Waals surface area contributed by atoms with Gasteiger partial charge in [0, 0.05) is 23.0 Å². The second kappa shape index (κ2) is 5.57. The monoisotopic (exact) mass is 308 g/mol. The Hall–Kier alpha value is -2.56. The Labute approximate surface area is 134 Å². The lowest BCUT2D eigenvalue weighted by atomic mass is 9.92. The van der Waals surface area contributed by atoms with Gasteiger partial charge in [0.1, 0.15) is 0 Å². The fourth-order valence-electron chi connectivity index (χ4n) is 3.42. The molecule has 0 atom stereocenters. The summed E-state index contributed by atoms with van der Waals surface area (Å²) < 4.78 is 0. The first-order valence-electron chi connectivity index (χ1n) is 8.24. The van der Waals surface area contributed by atoms with Crippen LogP contribution in [-0.4, -0.2) is 27.6 Å². The highest BCUT2D eigenvalue weighted by atomic mass is 16.1. The summed E-state index contributed by atoms with van der Waals surface area (Å²) in [5.41, 5.74) is 6.36. The van der Waals surface area contributed by atoms with Crippen molar-refractivity contribution in [2.24, 2.45) is 0 Å². The average Bonchev–Trinajstić information content (AvgIpc) is 3.18. The Morgan fingerprint density at radius 3 is 3.09 bits per heavy atom. The van der Waals surface area contributed by atoms with E-state index in [1.807, 2.05) is 24.4 Å². The minimum atomic E-state index is 0.0151. The van der Waals surface area contributed by atoms with Crippen molar-refractivity contribution < 1.29 is 4.79 Å². The number of hydrogen-bond donors (Lipinski definition) is 3. The quantitative estimate of drug-likeness (QED) is 0.648. The lowest BCUT2D eigenvalue weighted by Crippen LogP contribution is -2.24. The fraction of sp³-hybridized carbons (Fsp3) is 0.333. The van der Waals surface area contributed by atoms with E-state index in [2.05, 4.69) is 27.4 Å². The number of unbranched alkanes of at least 4 members (excludes halogenated alkanes) is 1. The third-order valence-corrected chi connectivity index (χ3v) is 4.60. The van der Waals surface area contributed by atoms with Crippen LogP contribution in [0.5, 0.6) is 0 Å². The molecule has 0 saturated heterocycles. The second-order valence-electron chi connectivity index (χ2n) is 6.09. The Bertz CT molecular complexity index is 874. The van der Waals surface area contributed by atoms with Gasteiger partial charge >= 0.3 is 0 Å². The molecule has 23 heavy (non-hydrogen) atoms. The molecule has 0 bridgehead atoms. The van der Waals surface area contributed by atoms with E-state index in [4.69, 9.17) is 0 Å². The molecule has 4 rings (SSSR count). The van der Waals surface area contributed by atoms with Gasteiger partial charge in [0.15, 0.2) is 0 Å². The number of aromatic amines is 2. The lowest BCUT2D eigenvalue weighted by Gasteiger charge is -2.12. The van der Waals surface area contributed by atoms with Crippen molar-refractivity contribution in [3.05, 3.63) is 41.1 Å². The van der Waals surface area contributed by atoms with Gasteiger partial charge in [0.05, 0.1) is 17.6 Å². The molecule has 0 radical (unpaired) electrons. The van der Waals surface area contributed by atoms with E-state index in [1.165, 1.54) is 11.1 Å². The zero-order chi connectivity index (χ0) is 15.8. The molecule has 0 saturated carbocycles. The van der Waals surface area contributed by atoms with E-state index in [0.29, 0.717) is 0 Å². The number of amides is 1. The smallest absolute Gasteiger partial charge is 0.251 e. The maximum Gasteiger partial charge on any atom is 0.251 e. The standard InChI is InChI=1S/C18H20N4O/c1-2-3-9-19-18(23)13-5-4-6-14-15(13)12-8-7-11-10-20-22-16(11)17(12)21-14/h4-6,10,21H,2-3,7-9H2,1H3,(H,19,23)(H,20,22). The predicted octanol–water partition coefficient (Wildman–Crippen LogP) is 3.19. The first-order chi connectivity index (χ1) is 11.3. The maximum absolute atomic E-state index is 12.6. The molecular formula is C18H20N4O. The van der Waals surface area contributed by atoms with Gasteiger partial charge in [-0.25, -0.2) is 0 Å². The molecule has 0 fully saturated rings. The third-order valence-electron chi connectivity index (χ3n) is 4.60. The van der Waals surface area contributed by atoms with Crippen LogP contribution in [-0.2, 0) is 12.8 Å². The summed E-state index contributed by atoms with van der Waals surface area (Å²) in [5.74, 6) is 0.0151. The number of aromatic nitrogens is 3. The zero-order valence-corrected chi connectivity index (χ0v) is 13.2. The molecule has 0 aliphatic heterocycles. The molecule has 0 spiro atoms. The van der Waals surface area contributed by atoms with Crippen molar-refractivity contribution >= 4 is 16.8 Å². The number of carbonyl (C=O) groups excluding carboxylic acids is 1. The Kier molecular flexibility index (Phi) is 3.41. The molecule has 5 nitrogen and oxygen atoms in total. The second-order valence-corrected chi connectivity index (χ2v) is 6.09. The number of aryl methyl sites for hydroxylation is 2. The highest BCUT2D eigenvalue weighted by Gasteiger charge is 2.24. The molecule has 3 N–H and O–H groups in total. The molecule has 3 aromatic rings. The summed E-state index contributed by atoms with van der Waals surface area (Å²) in [5, 5.41) is 11.3. The number of rotatable bonds is 4. The number of nitrogens with one attached hydrogen (secondary N) is 3. The van der Waals surface area contributed by atoms with Crippen LogP contribution >= 0.6 is 0 Å². The van der Waals surface area contributed by atoms with E-state index >= 15 is 0 Å². The highest BCUT2D eigenvalue weighted by molar-refractivity contribution is 6.09. The average molecular weight is 308 g/mol. The van der Waals surface area contributed by atoms with E-state index in [0.717, 1.165) is 60.1 Å². The van der Waals surface area contributed by atoms with E-state index in [9.17, 15) is 4.79 Å². The van der Waals surface area contributed by atoms with Crippen molar-refractivity contribution in [3.63, 3.8) is 0 Å². The van der Waals surface area contributed by atoms with Crippen LogP contribution in [0.1, 0.15) is 41.3 Å². The molecule has 0 unspecified atom stereocenters. The number of benzene rings is 1. The number of H-pyrrole nitrogens is 2. The number of nitrogens with zero attached hydrogens (tertiary/aromatic N) is 1. The molecular weight excluding hydrogens is 288 g/mol. The molecule has 1 aromatic carbocycles. The molecule has 5 heteroatoms. The fourth-order valence-corrected chi connectivity index (χ4v) is 3.42. The van der Waals surface area contributed by atoms with Crippen molar-refractivity contribution in [2.75, 3.05) is 6.54 Å². The zero-order valence-electron chi connectivity index (χ0n) is 13.2. The Morgan fingerprint density at radius 2 is 2.22 bits per heavy atom. The summed E-state index contributed by atoms with van der Waals surface area (Å²) in [6.45, 7) is 2.85. The number of carbonyl (C=O) groups is 1. The molecule has 2 heterocycles. The largest absolute Gasteiger partial charge is 0.353 e. The molecule has 1 aliphatic rings. The van der Waals surface area contributed by atoms with Crippen LogP contribution in [0, 0.1) is 0 Å². The predicted molar refractivity (Wildman–Crippen MR) is 90.5 cm³/mol.